The lowest BCUT2D eigenvalue weighted by Crippen LogP contribution is -2.59. The molecule has 1 rings (SSSR count). The van der Waals surface area contributed by atoms with Gasteiger partial charge in [0.1, 0.15) is 48.8 Å². The molecule has 0 aromatic carbocycles. The molecule has 0 amide bonds. The van der Waals surface area contributed by atoms with Crippen LogP contribution in [0, 0.1) is 0 Å². The normalized spacial score (nSPS) is 37.2. The summed E-state index contributed by atoms with van der Waals surface area (Å²) in [6.07, 6.45) is -14.7. The molecule has 0 bridgehead atoms. The van der Waals surface area contributed by atoms with Gasteiger partial charge in [0.2, 0.25) is 0 Å². The van der Waals surface area contributed by atoms with E-state index < -0.39 is 74.9 Å². The van der Waals surface area contributed by atoms with E-state index in [0.29, 0.717) is 0 Å². The van der Waals surface area contributed by atoms with E-state index >= 15 is 0 Å². The molecule has 138 valence electrons. The van der Waals surface area contributed by atoms with Crippen molar-refractivity contribution in [3.8, 4) is 0 Å². The summed E-state index contributed by atoms with van der Waals surface area (Å²) in [5.41, 5.74) is 0. The van der Waals surface area contributed by atoms with Gasteiger partial charge in [-0.25, -0.2) is 0 Å². The lowest BCUT2D eigenvalue weighted by molar-refractivity contribution is -0.306. The number of aliphatic hydroxyl groups is 9. The first kappa shape index (κ1) is 20.6. The maximum absolute atomic E-state index is 9.70. The predicted molar refractivity (Wildman–Crippen MR) is 70.8 cm³/mol. The van der Waals surface area contributed by atoms with E-state index in [4.69, 9.17) is 19.7 Å². The van der Waals surface area contributed by atoms with Crippen LogP contribution in [0.5, 0.6) is 0 Å². The Morgan fingerprint density at radius 3 is 1.91 bits per heavy atom. The summed E-state index contributed by atoms with van der Waals surface area (Å²) in [5.74, 6) is 0. The summed E-state index contributed by atoms with van der Waals surface area (Å²) in [4.78, 5) is 0. The molecule has 1 fully saturated rings. The highest BCUT2D eigenvalue weighted by Crippen LogP contribution is 2.22. The van der Waals surface area contributed by atoms with Crippen molar-refractivity contribution in [2.24, 2.45) is 0 Å². The molecule has 0 spiro atoms. The van der Waals surface area contributed by atoms with E-state index in [-0.39, 0.29) is 0 Å². The molecule has 1 aliphatic heterocycles. The third-order valence-electron chi connectivity index (χ3n) is 3.61. The van der Waals surface area contributed by atoms with Crippen molar-refractivity contribution in [1.82, 2.24) is 0 Å². The van der Waals surface area contributed by atoms with Crippen molar-refractivity contribution in [2.75, 3.05) is 19.8 Å². The second-order valence-corrected chi connectivity index (χ2v) is 5.33. The van der Waals surface area contributed by atoms with Crippen LogP contribution < -0.4 is 0 Å². The van der Waals surface area contributed by atoms with Gasteiger partial charge in [-0.15, -0.1) is 0 Å². The Hall–Kier alpha value is -0.440. The first-order chi connectivity index (χ1) is 10.7. The zero-order valence-corrected chi connectivity index (χ0v) is 12.2. The SMILES string of the molecule is OC[C@H](O)[C@H](O)[C@@H](O)[C@H](O)COC1O[C@H](CO)[C@@H](O)[C@H](O)[C@H]1O. The van der Waals surface area contributed by atoms with Gasteiger partial charge in [-0.1, -0.05) is 0 Å². The van der Waals surface area contributed by atoms with Crippen LogP contribution in [-0.4, -0.2) is 121 Å². The molecule has 9 N–H and O–H groups in total. The molecule has 23 heavy (non-hydrogen) atoms. The third-order valence-corrected chi connectivity index (χ3v) is 3.61. The van der Waals surface area contributed by atoms with E-state index in [0.717, 1.165) is 0 Å². The number of ether oxygens (including phenoxy) is 2. The Kier molecular flexibility index (Phi) is 8.20. The molecule has 0 radical (unpaired) electrons. The van der Waals surface area contributed by atoms with Crippen LogP contribution in [0.25, 0.3) is 0 Å². The van der Waals surface area contributed by atoms with Crippen molar-refractivity contribution in [3.63, 3.8) is 0 Å². The molecule has 0 aromatic heterocycles. The van der Waals surface area contributed by atoms with Gasteiger partial charge in [0.05, 0.1) is 19.8 Å². The summed E-state index contributed by atoms with van der Waals surface area (Å²) in [5, 5.41) is 84.4. The molecule has 1 aliphatic rings. The van der Waals surface area contributed by atoms with Gasteiger partial charge in [0.25, 0.3) is 0 Å². The number of rotatable bonds is 8. The minimum Gasteiger partial charge on any atom is -0.394 e. The summed E-state index contributed by atoms with van der Waals surface area (Å²) >= 11 is 0. The maximum Gasteiger partial charge on any atom is 0.186 e. The molecule has 1 saturated heterocycles. The third kappa shape index (κ3) is 5.01. The van der Waals surface area contributed by atoms with Gasteiger partial charge in [0, 0.05) is 0 Å². The highest BCUT2D eigenvalue weighted by atomic mass is 16.7. The zero-order chi connectivity index (χ0) is 17.7. The van der Waals surface area contributed by atoms with Crippen molar-refractivity contribution >= 4 is 0 Å². The van der Waals surface area contributed by atoms with Crippen LogP contribution in [0.1, 0.15) is 0 Å². The topological polar surface area (TPSA) is 201 Å². The smallest absolute Gasteiger partial charge is 0.186 e. The van der Waals surface area contributed by atoms with Gasteiger partial charge in [-0.05, 0) is 0 Å². The fourth-order valence-corrected chi connectivity index (χ4v) is 2.06. The van der Waals surface area contributed by atoms with Crippen molar-refractivity contribution in [1.29, 1.82) is 0 Å². The monoisotopic (exact) mass is 344 g/mol. The molecule has 1 unspecified atom stereocenters. The number of hydrogen-bond donors (Lipinski definition) is 9. The molecule has 11 nitrogen and oxygen atoms in total. The first-order valence-corrected chi connectivity index (χ1v) is 6.99. The largest absolute Gasteiger partial charge is 0.394 e. The average molecular weight is 344 g/mol. The predicted octanol–water partition coefficient (Wildman–Crippen LogP) is -5.76. The Morgan fingerprint density at radius 1 is 0.826 bits per heavy atom. The van der Waals surface area contributed by atoms with Gasteiger partial charge < -0.3 is 55.4 Å². The van der Waals surface area contributed by atoms with Crippen molar-refractivity contribution in [3.05, 3.63) is 0 Å². The van der Waals surface area contributed by atoms with Gasteiger partial charge in [-0.2, -0.15) is 0 Å². The molecule has 1 heterocycles. The van der Waals surface area contributed by atoms with Gasteiger partial charge in [-0.3, -0.25) is 0 Å². The van der Waals surface area contributed by atoms with Crippen LogP contribution in [-0.2, 0) is 9.47 Å². The number of aliphatic hydroxyl groups excluding tert-OH is 9. The molecule has 0 aliphatic carbocycles. The van der Waals surface area contributed by atoms with E-state index in [1.165, 1.54) is 0 Å². The van der Waals surface area contributed by atoms with E-state index in [2.05, 4.69) is 0 Å². The maximum atomic E-state index is 9.70. The highest BCUT2D eigenvalue weighted by Gasteiger charge is 2.44. The molecule has 11 heteroatoms. The molecular weight excluding hydrogens is 320 g/mol. The molecule has 0 aromatic rings. The summed E-state index contributed by atoms with van der Waals surface area (Å²) in [7, 11) is 0. The van der Waals surface area contributed by atoms with Crippen LogP contribution >= 0.6 is 0 Å². The summed E-state index contributed by atoms with van der Waals surface area (Å²) in [6, 6.07) is 0. The van der Waals surface area contributed by atoms with E-state index in [9.17, 15) is 35.7 Å². The highest BCUT2D eigenvalue weighted by molar-refractivity contribution is 4.89. The van der Waals surface area contributed by atoms with Crippen molar-refractivity contribution < 1.29 is 55.4 Å². The summed E-state index contributed by atoms with van der Waals surface area (Å²) in [6.45, 7) is -2.16. The Bertz CT molecular complexity index is 341. The molecule has 0 saturated carbocycles. The minimum atomic E-state index is -1.86. The number of hydrogen-bond acceptors (Lipinski definition) is 11. The van der Waals surface area contributed by atoms with Gasteiger partial charge >= 0.3 is 0 Å². The van der Waals surface area contributed by atoms with Crippen LogP contribution in [0.3, 0.4) is 0 Å². The lowest BCUT2D eigenvalue weighted by atomic mass is 9.99. The second-order valence-electron chi connectivity index (χ2n) is 5.33. The summed E-state index contributed by atoms with van der Waals surface area (Å²) < 4.78 is 9.99. The fraction of sp³-hybridized carbons (Fsp3) is 1.00. The average Bonchev–Trinajstić information content (AvgIpc) is 2.56. The van der Waals surface area contributed by atoms with E-state index in [1.54, 1.807) is 0 Å². The van der Waals surface area contributed by atoms with Crippen LogP contribution in [0.2, 0.25) is 0 Å². The second kappa shape index (κ2) is 9.15. The van der Waals surface area contributed by atoms with Crippen LogP contribution in [0.4, 0.5) is 0 Å². The zero-order valence-electron chi connectivity index (χ0n) is 12.2. The Labute approximate surface area is 131 Å². The Morgan fingerprint density at radius 2 is 1.39 bits per heavy atom. The quantitative estimate of drug-likeness (QED) is 0.203. The first-order valence-electron chi connectivity index (χ1n) is 6.99. The van der Waals surface area contributed by atoms with E-state index in [1.807, 2.05) is 0 Å². The fourth-order valence-electron chi connectivity index (χ4n) is 2.06. The van der Waals surface area contributed by atoms with Crippen LogP contribution in [0.15, 0.2) is 0 Å². The standard InChI is InChI=1S/C12H24O11/c13-1-4(15)7(17)8(18)5(16)3-22-12-11(21)10(20)9(19)6(2-14)23-12/h4-21H,1-3H2/t4-,5+,6+,7-,8-,9+,10-,11+,12?/m0/s1. The van der Waals surface area contributed by atoms with Crippen molar-refractivity contribution in [2.45, 2.75) is 55.1 Å². The molecular formula is C12H24O11. The van der Waals surface area contributed by atoms with Gasteiger partial charge in [0.15, 0.2) is 6.29 Å². The Balaban J connectivity index is 2.55. The lowest BCUT2D eigenvalue weighted by Gasteiger charge is -2.40. The molecule has 9 atom stereocenters. The minimum absolute atomic E-state index is 0.655.